The van der Waals surface area contributed by atoms with Gasteiger partial charge in [0.1, 0.15) is 0 Å². The summed E-state index contributed by atoms with van der Waals surface area (Å²) in [4.78, 5) is 20.5. The SMILES string of the molecule is Cc1cc(C)nc(S[C@@H](C)C(=O)NCCS(=O)(=O)N(C)C)n1. The van der Waals surface area contributed by atoms with E-state index in [2.05, 4.69) is 15.3 Å². The van der Waals surface area contributed by atoms with Crippen molar-refractivity contribution in [3.63, 3.8) is 0 Å². The normalized spacial score (nSPS) is 13.2. The summed E-state index contributed by atoms with van der Waals surface area (Å²) < 4.78 is 24.3. The maximum atomic E-state index is 12.0. The Morgan fingerprint density at radius 2 is 1.86 bits per heavy atom. The third-order valence-electron chi connectivity index (χ3n) is 2.83. The van der Waals surface area contributed by atoms with Crippen molar-refractivity contribution in [3.8, 4) is 0 Å². The molecule has 0 spiro atoms. The van der Waals surface area contributed by atoms with Crippen LogP contribution in [0.4, 0.5) is 0 Å². The first kappa shape index (κ1) is 18.9. The van der Waals surface area contributed by atoms with E-state index in [9.17, 15) is 13.2 Å². The highest BCUT2D eigenvalue weighted by Gasteiger charge is 2.18. The fourth-order valence-electron chi connectivity index (χ4n) is 1.59. The highest BCUT2D eigenvalue weighted by atomic mass is 32.2. The van der Waals surface area contributed by atoms with E-state index in [-0.39, 0.29) is 18.2 Å². The summed E-state index contributed by atoms with van der Waals surface area (Å²) in [5.41, 5.74) is 1.69. The zero-order chi connectivity index (χ0) is 16.9. The second kappa shape index (κ2) is 7.89. The quantitative estimate of drug-likeness (QED) is 0.573. The number of amides is 1. The van der Waals surface area contributed by atoms with Crippen molar-refractivity contribution in [2.75, 3.05) is 26.4 Å². The maximum absolute atomic E-state index is 12.0. The molecule has 7 nitrogen and oxygen atoms in total. The molecule has 0 aliphatic carbocycles. The van der Waals surface area contributed by atoms with Crippen molar-refractivity contribution >= 4 is 27.7 Å². The number of nitrogens with zero attached hydrogens (tertiary/aromatic N) is 3. The van der Waals surface area contributed by atoms with Crippen LogP contribution in [0.1, 0.15) is 18.3 Å². The molecule has 0 unspecified atom stereocenters. The fourth-order valence-corrected chi connectivity index (χ4v) is 3.21. The van der Waals surface area contributed by atoms with Gasteiger partial charge in [0, 0.05) is 32.0 Å². The van der Waals surface area contributed by atoms with Crippen molar-refractivity contribution in [2.24, 2.45) is 0 Å². The Hall–Kier alpha value is -1.19. The average molecular weight is 346 g/mol. The lowest BCUT2D eigenvalue weighted by Gasteiger charge is -2.14. The van der Waals surface area contributed by atoms with Gasteiger partial charge in [-0.1, -0.05) is 11.8 Å². The highest BCUT2D eigenvalue weighted by molar-refractivity contribution is 8.00. The molecule has 1 aromatic heterocycles. The summed E-state index contributed by atoms with van der Waals surface area (Å²) in [7, 11) is -0.372. The number of aromatic nitrogens is 2. The molecular weight excluding hydrogens is 324 g/mol. The second-order valence-corrected chi connectivity index (χ2v) is 8.69. The van der Waals surface area contributed by atoms with Crippen LogP contribution in [0.25, 0.3) is 0 Å². The molecule has 0 radical (unpaired) electrons. The fraction of sp³-hybridized carbons (Fsp3) is 0.615. The Morgan fingerprint density at radius 3 is 2.36 bits per heavy atom. The summed E-state index contributed by atoms with van der Waals surface area (Å²) in [5, 5.41) is 2.76. The molecule has 0 fully saturated rings. The van der Waals surface area contributed by atoms with Crippen LogP contribution in [0.15, 0.2) is 11.2 Å². The van der Waals surface area contributed by atoms with Gasteiger partial charge in [-0.2, -0.15) is 0 Å². The zero-order valence-corrected chi connectivity index (χ0v) is 15.1. The third kappa shape index (κ3) is 5.90. The number of rotatable bonds is 7. The summed E-state index contributed by atoms with van der Waals surface area (Å²) in [6.07, 6.45) is 0. The average Bonchev–Trinajstić information content (AvgIpc) is 2.36. The van der Waals surface area contributed by atoms with Gasteiger partial charge >= 0.3 is 0 Å². The summed E-state index contributed by atoms with van der Waals surface area (Å²) >= 11 is 1.25. The lowest BCUT2D eigenvalue weighted by Crippen LogP contribution is -2.37. The Morgan fingerprint density at radius 1 is 1.32 bits per heavy atom. The van der Waals surface area contributed by atoms with Crippen molar-refractivity contribution in [2.45, 2.75) is 31.2 Å². The van der Waals surface area contributed by atoms with Crippen LogP contribution in [0.5, 0.6) is 0 Å². The summed E-state index contributed by atoms with van der Waals surface area (Å²) in [5.74, 6) is -0.356. The lowest BCUT2D eigenvalue weighted by atomic mass is 10.4. The topological polar surface area (TPSA) is 92.3 Å². The minimum atomic E-state index is -3.30. The number of thioether (sulfide) groups is 1. The molecule has 1 aromatic rings. The van der Waals surface area contributed by atoms with E-state index in [1.54, 1.807) is 6.92 Å². The highest BCUT2D eigenvalue weighted by Crippen LogP contribution is 2.19. The van der Waals surface area contributed by atoms with Crippen molar-refractivity contribution in [1.82, 2.24) is 19.6 Å². The van der Waals surface area contributed by atoms with Crippen LogP contribution >= 0.6 is 11.8 Å². The van der Waals surface area contributed by atoms with Crippen LogP contribution in [-0.4, -0.2) is 60.2 Å². The predicted molar refractivity (Wildman–Crippen MR) is 87.3 cm³/mol. The molecule has 0 bridgehead atoms. The number of hydrogen-bond acceptors (Lipinski definition) is 6. The Balaban J connectivity index is 2.52. The van der Waals surface area contributed by atoms with E-state index < -0.39 is 15.3 Å². The Kier molecular flexibility index (Phi) is 6.76. The first-order chi connectivity index (χ1) is 10.1. The molecule has 0 saturated carbocycles. The van der Waals surface area contributed by atoms with Gasteiger partial charge < -0.3 is 5.32 Å². The van der Waals surface area contributed by atoms with Gasteiger partial charge in [0.2, 0.25) is 15.9 Å². The molecule has 1 atom stereocenters. The standard InChI is InChI=1S/C13H22N4O3S2/c1-9-8-10(2)16-13(15-9)21-11(3)12(18)14-6-7-22(19,20)17(4)5/h8,11H,6-7H2,1-5H3,(H,14,18)/t11-/m0/s1. The van der Waals surface area contributed by atoms with E-state index in [4.69, 9.17) is 0 Å². The molecule has 0 aliphatic rings. The molecule has 1 heterocycles. The molecule has 124 valence electrons. The number of carbonyl (C=O) groups excluding carboxylic acids is 1. The molecule has 0 aromatic carbocycles. The minimum absolute atomic E-state index is 0.0813. The van der Waals surface area contributed by atoms with Crippen molar-refractivity contribution in [1.29, 1.82) is 0 Å². The minimum Gasteiger partial charge on any atom is -0.354 e. The third-order valence-corrected chi connectivity index (χ3v) is 5.62. The molecule has 9 heteroatoms. The lowest BCUT2D eigenvalue weighted by molar-refractivity contribution is -0.120. The van der Waals surface area contributed by atoms with E-state index in [0.717, 1.165) is 15.7 Å². The molecule has 1 amide bonds. The van der Waals surface area contributed by atoms with E-state index in [1.807, 2.05) is 19.9 Å². The Labute approximate surface area is 136 Å². The molecule has 0 aliphatic heterocycles. The molecular formula is C13H22N4O3S2. The van der Waals surface area contributed by atoms with Crippen molar-refractivity contribution in [3.05, 3.63) is 17.5 Å². The van der Waals surface area contributed by atoms with Gasteiger partial charge in [0.05, 0.1) is 11.0 Å². The zero-order valence-electron chi connectivity index (χ0n) is 13.5. The number of sulfonamides is 1. The van der Waals surface area contributed by atoms with Crippen LogP contribution in [0.3, 0.4) is 0 Å². The largest absolute Gasteiger partial charge is 0.354 e. The van der Waals surface area contributed by atoms with Gasteiger partial charge in [-0.15, -0.1) is 0 Å². The van der Waals surface area contributed by atoms with Crippen molar-refractivity contribution < 1.29 is 13.2 Å². The molecule has 0 saturated heterocycles. The van der Waals surface area contributed by atoms with E-state index >= 15 is 0 Å². The maximum Gasteiger partial charge on any atom is 0.233 e. The summed E-state index contributed by atoms with van der Waals surface area (Å²) in [6, 6.07) is 1.86. The number of hydrogen-bond donors (Lipinski definition) is 1. The van der Waals surface area contributed by atoms with Crippen LogP contribution in [-0.2, 0) is 14.8 Å². The van der Waals surface area contributed by atoms with E-state index in [0.29, 0.717) is 5.16 Å². The van der Waals surface area contributed by atoms with Gasteiger partial charge in [0.15, 0.2) is 5.16 Å². The van der Waals surface area contributed by atoms with Crippen LogP contribution in [0.2, 0.25) is 0 Å². The molecule has 1 rings (SSSR count). The predicted octanol–water partition coefficient (Wildman–Crippen LogP) is 0.582. The van der Waals surface area contributed by atoms with Crippen LogP contribution in [0, 0.1) is 13.8 Å². The molecule has 22 heavy (non-hydrogen) atoms. The molecule has 1 N–H and O–H groups in total. The van der Waals surface area contributed by atoms with E-state index in [1.165, 1.54) is 25.9 Å². The second-order valence-electron chi connectivity index (χ2n) is 5.08. The van der Waals surface area contributed by atoms with Crippen LogP contribution < -0.4 is 5.32 Å². The summed E-state index contributed by atoms with van der Waals surface area (Å²) in [6.45, 7) is 5.56. The Bertz CT molecular complexity index is 612. The van der Waals surface area contributed by atoms with Gasteiger partial charge in [-0.3, -0.25) is 4.79 Å². The van der Waals surface area contributed by atoms with Gasteiger partial charge in [0.25, 0.3) is 0 Å². The number of carbonyl (C=O) groups is 1. The van der Waals surface area contributed by atoms with Gasteiger partial charge in [-0.05, 0) is 26.8 Å². The van der Waals surface area contributed by atoms with Gasteiger partial charge in [-0.25, -0.2) is 22.7 Å². The number of aryl methyl sites for hydroxylation is 2. The first-order valence-electron chi connectivity index (χ1n) is 6.78. The first-order valence-corrected chi connectivity index (χ1v) is 9.27. The smallest absolute Gasteiger partial charge is 0.233 e. The number of nitrogens with one attached hydrogen (secondary N) is 1. The monoisotopic (exact) mass is 346 g/mol.